The molecule has 6 nitrogen and oxygen atoms in total. The van der Waals surface area contributed by atoms with Crippen molar-refractivity contribution in [3.05, 3.63) is 77.7 Å². The number of methoxy groups -OCH3 is 1. The molecular formula is C23H24N4O2. The Hall–Kier alpha value is -3.41. The van der Waals surface area contributed by atoms with E-state index in [0.717, 1.165) is 48.6 Å². The smallest absolute Gasteiger partial charge is 0.270 e. The van der Waals surface area contributed by atoms with Gasteiger partial charge in [-0.1, -0.05) is 30.3 Å². The molecule has 1 aliphatic heterocycles. The van der Waals surface area contributed by atoms with Gasteiger partial charge < -0.3 is 15.0 Å². The van der Waals surface area contributed by atoms with E-state index in [0.29, 0.717) is 12.2 Å². The van der Waals surface area contributed by atoms with E-state index in [9.17, 15) is 4.79 Å². The Bertz CT molecular complexity index is 1010. The zero-order valence-electron chi connectivity index (χ0n) is 16.5. The highest BCUT2D eigenvalue weighted by molar-refractivity contribution is 5.93. The molecule has 1 amide bonds. The van der Waals surface area contributed by atoms with Crippen molar-refractivity contribution in [3.8, 4) is 5.75 Å². The third-order valence-corrected chi connectivity index (χ3v) is 5.11. The summed E-state index contributed by atoms with van der Waals surface area (Å²) >= 11 is 0. The Morgan fingerprint density at radius 2 is 2.03 bits per heavy atom. The molecular weight excluding hydrogens is 364 g/mol. The minimum atomic E-state index is -0.193. The highest BCUT2D eigenvalue weighted by atomic mass is 16.5. The second-order valence-electron chi connectivity index (χ2n) is 7.00. The van der Waals surface area contributed by atoms with Crippen LogP contribution >= 0.6 is 0 Å². The maximum atomic E-state index is 12.6. The van der Waals surface area contributed by atoms with Crippen molar-refractivity contribution in [1.29, 1.82) is 0 Å². The third-order valence-electron chi connectivity index (χ3n) is 5.11. The summed E-state index contributed by atoms with van der Waals surface area (Å²) in [5.41, 5.74) is 3.95. The number of fused-ring (bicyclic) bond motifs is 1. The lowest BCUT2D eigenvalue weighted by atomic mass is 10.0. The first-order chi connectivity index (χ1) is 14.2. The van der Waals surface area contributed by atoms with Crippen LogP contribution in [0.1, 0.15) is 28.0 Å². The molecule has 29 heavy (non-hydrogen) atoms. The van der Waals surface area contributed by atoms with Gasteiger partial charge in [-0.05, 0) is 48.6 Å². The van der Waals surface area contributed by atoms with Gasteiger partial charge in [-0.3, -0.25) is 4.79 Å². The first-order valence-corrected chi connectivity index (χ1v) is 9.83. The lowest BCUT2D eigenvalue weighted by Crippen LogP contribution is -2.28. The van der Waals surface area contributed by atoms with Crippen LogP contribution in [0.25, 0.3) is 0 Å². The van der Waals surface area contributed by atoms with E-state index in [1.54, 1.807) is 13.2 Å². The van der Waals surface area contributed by atoms with Crippen molar-refractivity contribution in [2.24, 2.45) is 0 Å². The van der Waals surface area contributed by atoms with Crippen LogP contribution < -0.4 is 15.0 Å². The topological polar surface area (TPSA) is 67.3 Å². The fraction of sp³-hybridized carbons (Fsp3) is 0.261. The summed E-state index contributed by atoms with van der Waals surface area (Å²) in [5.74, 6) is 1.38. The van der Waals surface area contributed by atoms with Crippen molar-refractivity contribution in [2.45, 2.75) is 19.3 Å². The van der Waals surface area contributed by atoms with Gasteiger partial charge in [0.1, 0.15) is 23.6 Å². The van der Waals surface area contributed by atoms with Crippen LogP contribution in [0.2, 0.25) is 0 Å². The van der Waals surface area contributed by atoms with Gasteiger partial charge in [-0.2, -0.15) is 0 Å². The van der Waals surface area contributed by atoms with Crippen LogP contribution in [-0.2, 0) is 12.8 Å². The number of ether oxygens (including phenoxy) is 1. The molecule has 0 radical (unpaired) electrons. The van der Waals surface area contributed by atoms with E-state index < -0.39 is 0 Å². The maximum Gasteiger partial charge on any atom is 0.270 e. The van der Waals surface area contributed by atoms with Crippen LogP contribution in [-0.4, -0.2) is 36.1 Å². The number of carbonyl (C=O) groups excluding carboxylic acids is 1. The highest BCUT2D eigenvalue weighted by Crippen LogP contribution is 2.32. The molecule has 1 N–H and O–H groups in total. The lowest BCUT2D eigenvalue weighted by Gasteiger charge is -2.30. The van der Waals surface area contributed by atoms with Gasteiger partial charge in [0.05, 0.1) is 7.11 Å². The standard InChI is InChI=1S/C23H24N4O2/c1-29-19-9-4-6-17(14-19)11-12-24-23(28)20-15-22(26-16-25-20)27-13-5-8-18-7-2-3-10-21(18)27/h2-4,6-7,9-10,14-16H,5,8,11-13H2,1H3,(H,24,28). The van der Waals surface area contributed by atoms with E-state index in [1.165, 1.54) is 11.9 Å². The molecule has 4 rings (SSSR count). The van der Waals surface area contributed by atoms with Gasteiger partial charge in [-0.25, -0.2) is 9.97 Å². The molecule has 1 aromatic heterocycles. The molecule has 6 heteroatoms. The predicted molar refractivity (Wildman–Crippen MR) is 113 cm³/mol. The summed E-state index contributed by atoms with van der Waals surface area (Å²) in [6.07, 6.45) is 4.31. The molecule has 0 saturated heterocycles. The normalized spacial score (nSPS) is 12.9. The number of hydrogen-bond donors (Lipinski definition) is 1. The molecule has 3 aromatic rings. The van der Waals surface area contributed by atoms with Gasteiger partial charge in [-0.15, -0.1) is 0 Å². The zero-order chi connectivity index (χ0) is 20.1. The predicted octanol–water partition coefficient (Wildman–Crippen LogP) is 3.54. The van der Waals surface area contributed by atoms with Gasteiger partial charge in [0.15, 0.2) is 0 Å². The largest absolute Gasteiger partial charge is 0.497 e. The summed E-state index contributed by atoms with van der Waals surface area (Å²) < 4.78 is 5.24. The van der Waals surface area contributed by atoms with E-state index in [-0.39, 0.29) is 5.91 Å². The number of rotatable bonds is 6. The van der Waals surface area contributed by atoms with Crippen LogP contribution in [0.15, 0.2) is 60.9 Å². The average molecular weight is 388 g/mol. The molecule has 0 aliphatic carbocycles. The molecule has 2 aromatic carbocycles. The molecule has 0 atom stereocenters. The Balaban J connectivity index is 1.43. The fourth-order valence-corrected chi connectivity index (χ4v) is 3.63. The Morgan fingerprint density at radius 1 is 1.14 bits per heavy atom. The molecule has 2 heterocycles. The monoisotopic (exact) mass is 388 g/mol. The first kappa shape index (κ1) is 18.9. The third kappa shape index (κ3) is 4.37. The van der Waals surface area contributed by atoms with Crippen molar-refractivity contribution in [2.75, 3.05) is 25.1 Å². The van der Waals surface area contributed by atoms with Gasteiger partial charge >= 0.3 is 0 Å². The second kappa shape index (κ2) is 8.73. The van der Waals surface area contributed by atoms with E-state index >= 15 is 0 Å². The highest BCUT2D eigenvalue weighted by Gasteiger charge is 2.20. The molecule has 0 bridgehead atoms. The van der Waals surface area contributed by atoms with Gasteiger partial charge in [0.25, 0.3) is 5.91 Å². The number of hydrogen-bond acceptors (Lipinski definition) is 5. The number of anilines is 2. The minimum absolute atomic E-state index is 0.193. The number of amides is 1. The molecule has 1 aliphatic rings. The lowest BCUT2D eigenvalue weighted by molar-refractivity contribution is 0.0949. The first-order valence-electron chi connectivity index (χ1n) is 9.83. The number of nitrogens with zero attached hydrogens (tertiary/aromatic N) is 3. The van der Waals surface area contributed by atoms with Crippen molar-refractivity contribution in [3.63, 3.8) is 0 Å². The van der Waals surface area contributed by atoms with E-state index in [1.807, 2.05) is 30.3 Å². The van der Waals surface area contributed by atoms with Crippen molar-refractivity contribution >= 4 is 17.4 Å². The number of aryl methyl sites for hydroxylation is 1. The zero-order valence-corrected chi connectivity index (χ0v) is 16.5. The second-order valence-corrected chi connectivity index (χ2v) is 7.00. The van der Waals surface area contributed by atoms with E-state index in [2.05, 4.69) is 38.4 Å². The molecule has 0 saturated carbocycles. The minimum Gasteiger partial charge on any atom is -0.497 e. The Kier molecular flexibility index (Phi) is 5.70. The van der Waals surface area contributed by atoms with Crippen LogP contribution in [0.5, 0.6) is 5.75 Å². The van der Waals surface area contributed by atoms with Gasteiger partial charge in [0, 0.05) is 24.8 Å². The summed E-state index contributed by atoms with van der Waals surface area (Å²) in [6.45, 7) is 1.41. The number of carbonyl (C=O) groups is 1. The number of aromatic nitrogens is 2. The van der Waals surface area contributed by atoms with Crippen LogP contribution in [0.3, 0.4) is 0 Å². The van der Waals surface area contributed by atoms with Crippen LogP contribution in [0, 0.1) is 0 Å². The number of para-hydroxylation sites is 1. The fourth-order valence-electron chi connectivity index (χ4n) is 3.63. The summed E-state index contributed by atoms with van der Waals surface area (Å²) in [5, 5.41) is 2.95. The number of nitrogens with one attached hydrogen (secondary N) is 1. The molecule has 0 spiro atoms. The summed E-state index contributed by atoms with van der Waals surface area (Å²) in [4.78, 5) is 23.3. The van der Waals surface area contributed by atoms with Crippen molar-refractivity contribution in [1.82, 2.24) is 15.3 Å². The van der Waals surface area contributed by atoms with Crippen molar-refractivity contribution < 1.29 is 9.53 Å². The Labute approximate surface area is 170 Å². The summed E-state index contributed by atoms with van der Waals surface area (Å²) in [7, 11) is 1.65. The van der Waals surface area contributed by atoms with E-state index in [4.69, 9.17) is 4.74 Å². The molecule has 148 valence electrons. The quantitative estimate of drug-likeness (QED) is 0.700. The SMILES string of the molecule is COc1cccc(CCNC(=O)c2cc(N3CCCc4ccccc43)ncn2)c1. The number of benzene rings is 2. The summed E-state index contributed by atoms with van der Waals surface area (Å²) in [6, 6.07) is 18.0. The Morgan fingerprint density at radius 3 is 2.93 bits per heavy atom. The molecule has 0 unspecified atom stereocenters. The molecule has 0 fully saturated rings. The van der Waals surface area contributed by atoms with Crippen LogP contribution in [0.4, 0.5) is 11.5 Å². The maximum absolute atomic E-state index is 12.6. The van der Waals surface area contributed by atoms with Gasteiger partial charge in [0.2, 0.25) is 0 Å². The average Bonchev–Trinajstić information content (AvgIpc) is 2.79.